The van der Waals surface area contributed by atoms with Crippen LogP contribution in [0.1, 0.15) is 44.1 Å². The molecule has 3 rings (SSSR count). The van der Waals surface area contributed by atoms with Gasteiger partial charge in [-0.15, -0.1) is 0 Å². The second-order valence-electron chi connectivity index (χ2n) is 7.29. The van der Waals surface area contributed by atoms with Crippen molar-refractivity contribution in [1.29, 1.82) is 0 Å². The molecule has 0 radical (unpaired) electrons. The van der Waals surface area contributed by atoms with Crippen LogP contribution in [0.3, 0.4) is 0 Å². The van der Waals surface area contributed by atoms with E-state index < -0.39 is 18.2 Å². The summed E-state index contributed by atoms with van der Waals surface area (Å²) < 4.78 is 15.9. The third-order valence-corrected chi connectivity index (χ3v) is 5.24. The van der Waals surface area contributed by atoms with Crippen molar-refractivity contribution >= 4 is 18.0 Å². The maximum absolute atomic E-state index is 12.3. The van der Waals surface area contributed by atoms with E-state index in [-0.39, 0.29) is 24.9 Å². The summed E-state index contributed by atoms with van der Waals surface area (Å²) in [6, 6.07) is 7.28. The molecule has 0 bridgehead atoms. The van der Waals surface area contributed by atoms with Gasteiger partial charge in [-0.05, 0) is 36.6 Å². The fourth-order valence-corrected chi connectivity index (χ4v) is 3.60. The van der Waals surface area contributed by atoms with E-state index in [1.807, 2.05) is 12.1 Å². The number of carbonyl (C=O) groups is 2. The van der Waals surface area contributed by atoms with Crippen LogP contribution in [-0.4, -0.2) is 43.0 Å². The summed E-state index contributed by atoms with van der Waals surface area (Å²) in [4.78, 5) is 24.5. The minimum absolute atomic E-state index is 0.0825. The van der Waals surface area contributed by atoms with Crippen LogP contribution in [0.2, 0.25) is 0 Å². The molecule has 0 amide bonds. The molecular formula is C21H26O6. The van der Waals surface area contributed by atoms with E-state index in [2.05, 4.69) is 0 Å². The van der Waals surface area contributed by atoms with E-state index in [0.29, 0.717) is 5.57 Å². The molecule has 0 spiro atoms. The van der Waals surface area contributed by atoms with Crippen LogP contribution in [0.15, 0.2) is 29.8 Å². The Labute approximate surface area is 159 Å². The van der Waals surface area contributed by atoms with Crippen molar-refractivity contribution in [2.45, 2.75) is 44.1 Å². The van der Waals surface area contributed by atoms with E-state index in [4.69, 9.17) is 14.2 Å². The largest absolute Gasteiger partial charge is 0.497 e. The highest BCUT2D eigenvalue weighted by Gasteiger charge is 2.45. The molecule has 146 valence electrons. The molecule has 6 heteroatoms. The van der Waals surface area contributed by atoms with Gasteiger partial charge in [0.2, 0.25) is 0 Å². The first-order valence-corrected chi connectivity index (χ1v) is 9.41. The molecule has 1 heterocycles. The smallest absolute Gasteiger partial charge is 0.334 e. The lowest BCUT2D eigenvalue weighted by molar-refractivity contribution is -0.169. The van der Waals surface area contributed by atoms with Gasteiger partial charge in [-0.3, -0.25) is 4.79 Å². The zero-order valence-electron chi connectivity index (χ0n) is 15.6. The maximum Gasteiger partial charge on any atom is 0.334 e. The fourth-order valence-electron chi connectivity index (χ4n) is 3.60. The third-order valence-electron chi connectivity index (χ3n) is 5.24. The van der Waals surface area contributed by atoms with Crippen LogP contribution in [0, 0.1) is 5.92 Å². The van der Waals surface area contributed by atoms with Crippen molar-refractivity contribution in [2.75, 3.05) is 20.3 Å². The number of aliphatic hydroxyl groups excluding tert-OH is 1. The van der Waals surface area contributed by atoms with Gasteiger partial charge in [-0.25, -0.2) is 4.79 Å². The summed E-state index contributed by atoms with van der Waals surface area (Å²) in [5.41, 5.74) is 0.0818. The first-order chi connectivity index (χ1) is 13.0. The molecule has 1 aromatic carbocycles. The molecule has 2 fully saturated rings. The number of carbonyl (C=O) groups excluding carboxylic acids is 2. The van der Waals surface area contributed by atoms with Crippen LogP contribution >= 0.6 is 0 Å². The van der Waals surface area contributed by atoms with Crippen molar-refractivity contribution < 1.29 is 28.9 Å². The second-order valence-corrected chi connectivity index (χ2v) is 7.29. The van der Waals surface area contributed by atoms with Crippen LogP contribution in [0.4, 0.5) is 0 Å². The summed E-state index contributed by atoms with van der Waals surface area (Å²) in [7, 11) is 1.59. The van der Waals surface area contributed by atoms with Gasteiger partial charge in [0.25, 0.3) is 0 Å². The summed E-state index contributed by atoms with van der Waals surface area (Å²) in [5, 5.41) is 9.80. The molecule has 1 atom stereocenters. The molecule has 1 aliphatic carbocycles. The maximum atomic E-state index is 12.3. The molecule has 2 aliphatic rings. The van der Waals surface area contributed by atoms with E-state index in [1.165, 1.54) is 0 Å². The van der Waals surface area contributed by atoms with Crippen molar-refractivity contribution in [1.82, 2.24) is 0 Å². The van der Waals surface area contributed by atoms with E-state index in [1.54, 1.807) is 25.3 Å². The minimum atomic E-state index is -1.19. The Hall–Kier alpha value is -2.34. The number of hydrogen-bond acceptors (Lipinski definition) is 6. The van der Waals surface area contributed by atoms with Crippen LogP contribution in [0.5, 0.6) is 5.75 Å². The lowest BCUT2D eigenvalue weighted by Gasteiger charge is -2.26. The number of hydrogen-bond donors (Lipinski definition) is 1. The predicted octanol–water partition coefficient (Wildman–Crippen LogP) is 2.88. The molecule has 1 aliphatic heterocycles. The lowest BCUT2D eigenvalue weighted by Crippen LogP contribution is -2.40. The Morgan fingerprint density at radius 2 is 1.96 bits per heavy atom. The van der Waals surface area contributed by atoms with Gasteiger partial charge in [0.05, 0.1) is 19.6 Å². The quantitative estimate of drug-likeness (QED) is 0.609. The number of esters is 2. The second kappa shape index (κ2) is 8.57. The third kappa shape index (κ3) is 4.69. The Kier molecular flexibility index (Phi) is 6.16. The van der Waals surface area contributed by atoms with Crippen LogP contribution in [-0.2, 0) is 19.1 Å². The van der Waals surface area contributed by atoms with E-state index in [9.17, 15) is 14.7 Å². The summed E-state index contributed by atoms with van der Waals surface area (Å²) in [6.07, 6.45) is 6.83. The van der Waals surface area contributed by atoms with E-state index >= 15 is 0 Å². The van der Waals surface area contributed by atoms with Gasteiger partial charge >= 0.3 is 11.9 Å². The van der Waals surface area contributed by atoms with Crippen molar-refractivity contribution in [3.05, 3.63) is 35.4 Å². The molecule has 6 nitrogen and oxygen atoms in total. The van der Waals surface area contributed by atoms with E-state index in [0.717, 1.165) is 43.4 Å². The SMILES string of the molecule is COc1ccc(/C=C2/CC(CO)(COC(=O)C3CCCCC3)OC2=O)cc1. The van der Waals surface area contributed by atoms with Gasteiger partial charge in [0, 0.05) is 12.0 Å². The van der Waals surface area contributed by atoms with Crippen molar-refractivity contribution in [3.8, 4) is 5.75 Å². The average Bonchev–Trinajstić information content (AvgIpc) is 3.03. The van der Waals surface area contributed by atoms with Crippen LogP contribution in [0.25, 0.3) is 6.08 Å². The normalized spacial score (nSPS) is 24.7. The number of aliphatic hydroxyl groups is 1. The fraction of sp³-hybridized carbons (Fsp3) is 0.524. The highest BCUT2D eigenvalue weighted by atomic mass is 16.6. The number of cyclic esters (lactones) is 1. The molecule has 1 saturated heterocycles. The van der Waals surface area contributed by atoms with Crippen molar-refractivity contribution in [3.63, 3.8) is 0 Å². The standard InChI is InChI=1S/C21H26O6/c1-25-18-9-7-15(8-10-18)11-17-12-21(13-22,27-20(17)24)14-26-19(23)16-5-3-2-4-6-16/h7-11,16,22H,2-6,12-14H2,1H3/b17-11-. The zero-order valence-corrected chi connectivity index (χ0v) is 15.6. The Bertz CT molecular complexity index is 702. The molecule has 1 N–H and O–H groups in total. The van der Waals surface area contributed by atoms with Gasteiger partial charge in [-0.1, -0.05) is 31.4 Å². The number of benzene rings is 1. The topological polar surface area (TPSA) is 82.1 Å². The zero-order chi connectivity index (χ0) is 19.3. The minimum Gasteiger partial charge on any atom is -0.497 e. The molecule has 27 heavy (non-hydrogen) atoms. The Morgan fingerprint density at radius 3 is 2.59 bits per heavy atom. The number of ether oxygens (including phenoxy) is 3. The predicted molar refractivity (Wildman–Crippen MR) is 99.0 cm³/mol. The molecule has 0 aromatic heterocycles. The lowest BCUT2D eigenvalue weighted by atomic mass is 9.89. The Balaban J connectivity index is 1.64. The van der Waals surface area contributed by atoms with Gasteiger partial charge in [0.15, 0.2) is 5.60 Å². The van der Waals surface area contributed by atoms with Gasteiger partial charge in [0.1, 0.15) is 12.4 Å². The molecular weight excluding hydrogens is 348 g/mol. The van der Waals surface area contributed by atoms with Crippen LogP contribution < -0.4 is 4.74 Å². The van der Waals surface area contributed by atoms with Crippen molar-refractivity contribution in [2.24, 2.45) is 5.92 Å². The highest BCUT2D eigenvalue weighted by molar-refractivity contribution is 5.96. The summed E-state index contributed by atoms with van der Waals surface area (Å²) in [6.45, 7) is -0.513. The summed E-state index contributed by atoms with van der Waals surface area (Å²) >= 11 is 0. The Morgan fingerprint density at radius 1 is 1.26 bits per heavy atom. The first kappa shape index (κ1) is 19.4. The van der Waals surface area contributed by atoms with Gasteiger partial charge < -0.3 is 19.3 Å². The summed E-state index contributed by atoms with van der Waals surface area (Å²) in [5.74, 6) is -0.105. The monoisotopic (exact) mass is 374 g/mol. The molecule has 1 aromatic rings. The molecule has 1 unspecified atom stereocenters. The number of rotatable bonds is 6. The molecule has 1 saturated carbocycles. The number of methoxy groups -OCH3 is 1. The average molecular weight is 374 g/mol. The van der Waals surface area contributed by atoms with Gasteiger partial charge in [-0.2, -0.15) is 0 Å². The first-order valence-electron chi connectivity index (χ1n) is 9.41. The highest BCUT2D eigenvalue weighted by Crippen LogP contribution is 2.33.